The number of rotatable bonds is 4. The molecule has 6 heteroatoms. The minimum Gasteiger partial charge on any atom is -0.259 e. The number of sulfonamides is 1. The van der Waals surface area contributed by atoms with Crippen LogP contribution < -0.4 is 4.72 Å². The first-order chi connectivity index (χ1) is 9.00. The number of aromatic nitrogens is 1. The fourth-order valence-corrected chi connectivity index (χ4v) is 2.62. The average Bonchev–Trinajstić information content (AvgIpc) is 2.41. The molecule has 0 aliphatic heterocycles. The van der Waals surface area contributed by atoms with E-state index in [0.29, 0.717) is 0 Å². The maximum absolute atomic E-state index is 13.7. The van der Waals surface area contributed by atoms with Gasteiger partial charge in [-0.1, -0.05) is 18.2 Å². The first-order valence-electron chi connectivity index (χ1n) is 5.65. The smallest absolute Gasteiger partial charge is 0.240 e. The molecule has 1 N–H and O–H groups in total. The van der Waals surface area contributed by atoms with Crippen molar-refractivity contribution in [3.05, 3.63) is 59.7 Å². The van der Waals surface area contributed by atoms with E-state index in [1.165, 1.54) is 31.3 Å². The van der Waals surface area contributed by atoms with Gasteiger partial charge in [0.15, 0.2) is 0 Å². The molecule has 0 fully saturated rings. The SMILES string of the molecule is Cc1nccc(CNS(=O)(=O)c2ccccc2)c1F. The molecular formula is C13H13FN2O2S. The van der Waals surface area contributed by atoms with Crippen molar-refractivity contribution >= 4 is 10.0 Å². The zero-order valence-electron chi connectivity index (χ0n) is 10.3. The molecule has 2 aromatic rings. The Kier molecular flexibility index (Phi) is 3.92. The number of nitrogens with zero attached hydrogens (tertiary/aromatic N) is 1. The summed E-state index contributed by atoms with van der Waals surface area (Å²) < 4.78 is 40.0. The Hall–Kier alpha value is -1.79. The van der Waals surface area contributed by atoms with E-state index in [2.05, 4.69) is 9.71 Å². The Balaban J connectivity index is 2.17. The van der Waals surface area contributed by atoms with Crippen LogP contribution in [0.3, 0.4) is 0 Å². The largest absolute Gasteiger partial charge is 0.259 e. The highest BCUT2D eigenvalue weighted by Gasteiger charge is 2.14. The Bertz CT molecular complexity index is 672. The molecule has 0 saturated carbocycles. The topological polar surface area (TPSA) is 59.1 Å². The number of halogens is 1. The molecule has 1 heterocycles. The van der Waals surface area contributed by atoms with Gasteiger partial charge in [-0.05, 0) is 25.1 Å². The van der Waals surface area contributed by atoms with Crippen molar-refractivity contribution in [1.29, 1.82) is 0 Å². The quantitative estimate of drug-likeness (QED) is 0.932. The van der Waals surface area contributed by atoms with Crippen LogP contribution in [0.15, 0.2) is 47.5 Å². The fourth-order valence-electron chi connectivity index (χ4n) is 1.59. The lowest BCUT2D eigenvalue weighted by Crippen LogP contribution is -2.23. The van der Waals surface area contributed by atoms with Crippen molar-refractivity contribution in [2.24, 2.45) is 0 Å². The highest BCUT2D eigenvalue weighted by Crippen LogP contribution is 2.12. The van der Waals surface area contributed by atoms with Gasteiger partial charge in [0.25, 0.3) is 0 Å². The van der Waals surface area contributed by atoms with Crippen LogP contribution in [0.1, 0.15) is 11.3 Å². The summed E-state index contributed by atoms with van der Waals surface area (Å²) in [6, 6.07) is 9.41. The van der Waals surface area contributed by atoms with Gasteiger partial charge in [-0.2, -0.15) is 0 Å². The summed E-state index contributed by atoms with van der Waals surface area (Å²) in [5.41, 5.74) is 0.517. The van der Waals surface area contributed by atoms with Crippen molar-refractivity contribution in [3.63, 3.8) is 0 Å². The molecule has 1 aromatic carbocycles. The molecule has 0 atom stereocenters. The van der Waals surface area contributed by atoms with Gasteiger partial charge in [0.1, 0.15) is 5.82 Å². The summed E-state index contributed by atoms with van der Waals surface area (Å²) in [4.78, 5) is 3.94. The maximum Gasteiger partial charge on any atom is 0.240 e. The van der Waals surface area contributed by atoms with E-state index in [4.69, 9.17) is 0 Å². The molecule has 4 nitrogen and oxygen atoms in total. The summed E-state index contributed by atoms with van der Waals surface area (Å²) in [6.07, 6.45) is 1.45. The molecule has 0 spiro atoms. The number of nitrogens with one attached hydrogen (secondary N) is 1. The Labute approximate surface area is 111 Å². The third kappa shape index (κ3) is 3.15. The van der Waals surface area contributed by atoms with Crippen molar-refractivity contribution in [2.45, 2.75) is 18.4 Å². The van der Waals surface area contributed by atoms with E-state index >= 15 is 0 Å². The van der Waals surface area contributed by atoms with Gasteiger partial charge in [0.2, 0.25) is 10.0 Å². The van der Waals surface area contributed by atoms with Crippen LogP contribution >= 0.6 is 0 Å². The van der Waals surface area contributed by atoms with Gasteiger partial charge in [-0.15, -0.1) is 0 Å². The normalized spacial score (nSPS) is 11.5. The summed E-state index contributed by atoms with van der Waals surface area (Å²) in [7, 11) is -3.63. The summed E-state index contributed by atoms with van der Waals surface area (Å²) in [6.45, 7) is 1.43. The van der Waals surface area contributed by atoms with Gasteiger partial charge < -0.3 is 0 Å². The highest BCUT2D eigenvalue weighted by atomic mass is 32.2. The lowest BCUT2D eigenvalue weighted by Gasteiger charge is -2.08. The molecule has 1 aromatic heterocycles. The second-order valence-corrected chi connectivity index (χ2v) is 5.77. The highest BCUT2D eigenvalue weighted by molar-refractivity contribution is 7.89. The number of hydrogen-bond donors (Lipinski definition) is 1. The van der Waals surface area contributed by atoms with Crippen LogP contribution in [0.25, 0.3) is 0 Å². The van der Waals surface area contributed by atoms with Crippen molar-refractivity contribution in [3.8, 4) is 0 Å². The predicted molar refractivity (Wildman–Crippen MR) is 69.4 cm³/mol. The Morgan fingerprint density at radius 1 is 1.21 bits per heavy atom. The fraction of sp³-hybridized carbons (Fsp3) is 0.154. The van der Waals surface area contributed by atoms with E-state index in [9.17, 15) is 12.8 Å². The lowest BCUT2D eigenvalue weighted by molar-refractivity contribution is 0.569. The monoisotopic (exact) mass is 280 g/mol. The number of benzene rings is 1. The number of aryl methyl sites for hydroxylation is 1. The van der Waals surface area contributed by atoms with Gasteiger partial charge in [0.05, 0.1) is 10.6 Å². The van der Waals surface area contributed by atoms with Crippen molar-refractivity contribution in [2.75, 3.05) is 0 Å². The number of pyridine rings is 1. The predicted octanol–water partition coefficient (Wildman–Crippen LogP) is 2.01. The summed E-state index contributed by atoms with van der Waals surface area (Å²) in [5.74, 6) is -0.488. The second-order valence-electron chi connectivity index (χ2n) is 4.01. The van der Waals surface area contributed by atoms with Gasteiger partial charge in [-0.25, -0.2) is 17.5 Å². The van der Waals surface area contributed by atoms with Crippen LogP contribution in [0.5, 0.6) is 0 Å². The Morgan fingerprint density at radius 2 is 1.89 bits per heavy atom. The van der Waals surface area contributed by atoms with Crippen molar-refractivity contribution < 1.29 is 12.8 Å². The molecule has 0 aliphatic rings. The summed E-state index contributed by atoms with van der Waals surface area (Å²) in [5, 5.41) is 0. The third-order valence-corrected chi connectivity index (χ3v) is 4.07. The van der Waals surface area contributed by atoms with Gasteiger partial charge in [0, 0.05) is 18.3 Å². The van der Waals surface area contributed by atoms with Gasteiger partial charge in [-0.3, -0.25) is 4.98 Å². The van der Waals surface area contributed by atoms with Crippen molar-refractivity contribution in [1.82, 2.24) is 9.71 Å². The second kappa shape index (κ2) is 5.46. The van der Waals surface area contributed by atoms with E-state index in [1.807, 2.05) is 0 Å². The molecule has 100 valence electrons. The molecule has 0 radical (unpaired) electrons. The molecule has 0 saturated heterocycles. The van der Waals surface area contributed by atoms with Crippen LogP contribution in [0.4, 0.5) is 4.39 Å². The maximum atomic E-state index is 13.7. The van der Waals surface area contributed by atoms with Crippen LogP contribution in [-0.2, 0) is 16.6 Å². The van der Waals surface area contributed by atoms with E-state index in [-0.39, 0.29) is 22.7 Å². The summed E-state index contributed by atoms with van der Waals surface area (Å²) >= 11 is 0. The zero-order chi connectivity index (χ0) is 13.9. The van der Waals surface area contributed by atoms with Crippen LogP contribution in [-0.4, -0.2) is 13.4 Å². The van der Waals surface area contributed by atoms with E-state index < -0.39 is 15.8 Å². The van der Waals surface area contributed by atoms with E-state index in [1.54, 1.807) is 18.2 Å². The minimum atomic E-state index is -3.63. The van der Waals surface area contributed by atoms with Crippen LogP contribution in [0, 0.1) is 12.7 Å². The first kappa shape index (κ1) is 13.6. The number of hydrogen-bond acceptors (Lipinski definition) is 3. The minimum absolute atomic E-state index is 0.105. The molecule has 0 bridgehead atoms. The first-order valence-corrected chi connectivity index (χ1v) is 7.14. The lowest BCUT2D eigenvalue weighted by atomic mass is 10.2. The third-order valence-electron chi connectivity index (χ3n) is 2.65. The molecule has 0 unspecified atom stereocenters. The van der Waals surface area contributed by atoms with E-state index in [0.717, 1.165) is 0 Å². The zero-order valence-corrected chi connectivity index (χ0v) is 11.1. The van der Waals surface area contributed by atoms with Crippen LogP contribution in [0.2, 0.25) is 0 Å². The Morgan fingerprint density at radius 3 is 2.58 bits per heavy atom. The molecule has 19 heavy (non-hydrogen) atoms. The molecule has 2 rings (SSSR count). The molecule has 0 aliphatic carbocycles. The van der Waals surface area contributed by atoms with Gasteiger partial charge >= 0.3 is 0 Å². The molecular weight excluding hydrogens is 267 g/mol. The molecule has 0 amide bonds. The average molecular weight is 280 g/mol. The standard InChI is InChI=1S/C13H13FN2O2S/c1-10-13(14)11(7-8-15-10)9-16-19(17,18)12-5-3-2-4-6-12/h2-8,16H,9H2,1H3.